The molecule has 0 spiro atoms. The lowest BCUT2D eigenvalue weighted by Crippen LogP contribution is -2.39. The summed E-state index contributed by atoms with van der Waals surface area (Å²) in [6.45, 7) is 7.67. The van der Waals surface area contributed by atoms with Crippen LogP contribution in [0.2, 0.25) is 0 Å². The van der Waals surface area contributed by atoms with E-state index >= 15 is 0 Å². The van der Waals surface area contributed by atoms with Crippen LogP contribution in [0.15, 0.2) is 0 Å². The maximum absolute atomic E-state index is 11.7. The quantitative estimate of drug-likeness (QED) is 0.770. The number of nitrogens with one attached hydrogen (secondary N) is 1. The van der Waals surface area contributed by atoms with E-state index < -0.39 is 0 Å². The number of ether oxygens (including phenoxy) is 2. The van der Waals surface area contributed by atoms with Gasteiger partial charge in [-0.2, -0.15) is 0 Å². The van der Waals surface area contributed by atoms with Gasteiger partial charge in [0.2, 0.25) is 0 Å². The third kappa shape index (κ3) is 4.84. The van der Waals surface area contributed by atoms with Crippen molar-refractivity contribution in [1.29, 1.82) is 0 Å². The first-order valence-electron chi connectivity index (χ1n) is 6.98. The van der Waals surface area contributed by atoms with E-state index in [-0.39, 0.29) is 12.2 Å². The third-order valence-corrected chi connectivity index (χ3v) is 3.80. The average Bonchev–Trinajstić information content (AvgIpc) is 2.29. The molecule has 0 unspecified atom stereocenters. The summed E-state index contributed by atoms with van der Waals surface area (Å²) in [5.74, 6) is 1.71. The van der Waals surface area contributed by atoms with Gasteiger partial charge in [-0.25, -0.2) is 4.79 Å². The van der Waals surface area contributed by atoms with Crippen LogP contribution in [-0.2, 0) is 9.47 Å². The SMILES string of the molecule is COCCNC(=O)O[C@H]1C[C@@H](C)CC[C@@H]1C(C)C. The number of hydrogen-bond donors (Lipinski definition) is 1. The number of carbonyl (C=O) groups excluding carboxylic acids is 1. The molecule has 1 aliphatic rings. The zero-order valence-electron chi connectivity index (χ0n) is 12.1. The van der Waals surface area contributed by atoms with Gasteiger partial charge in [-0.05, 0) is 30.6 Å². The van der Waals surface area contributed by atoms with Crippen LogP contribution >= 0.6 is 0 Å². The van der Waals surface area contributed by atoms with E-state index in [1.807, 2.05) is 0 Å². The van der Waals surface area contributed by atoms with Crippen molar-refractivity contribution in [1.82, 2.24) is 5.32 Å². The first kappa shape index (κ1) is 15.3. The summed E-state index contributed by atoms with van der Waals surface area (Å²) < 4.78 is 10.5. The van der Waals surface area contributed by atoms with Crippen LogP contribution in [0.3, 0.4) is 0 Å². The molecule has 0 aromatic rings. The van der Waals surface area contributed by atoms with Gasteiger partial charge >= 0.3 is 6.09 Å². The molecule has 18 heavy (non-hydrogen) atoms. The van der Waals surface area contributed by atoms with Gasteiger partial charge in [0.15, 0.2) is 0 Å². The second kappa shape index (κ2) is 7.62. The highest BCUT2D eigenvalue weighted by atomic mass is 16.6. The molecule has 0 radical (unpaired) electrons. The average molecular weight is 257 g/mol. The zero-order valence-corrected chi connectivity index (χ0v) is 12.1. The highest BCUT2D eigenvalue weighted by molar-refractivity contribution is 5.67. The number of rotatable bonds is 5. The minimum Gasteiger partial charge on any atom is -0.446 e. The highest BCUT2D eigenvalue weighted by Crippen LogP contribution is 2.35. The van der Waals surface area contributed by atoms with Gasteiger partial charge in [-0.15, -0.1) is 0 Å². The molecule has 3 atom stereocenters. The van der Waals surface area contributed by atoms with Gasteiger partial charge in [0, 0.05) is 13.7 Å². The summed E-state index contributed by atoms with van der Waals surface area (Å²) in [6, 6.07) is 0. The summed E-state index contributed by atoms with van der Waals surface area (Å²) in [5.41, 5.74) is 0. The standard InChI is InChI=1S/C14H27NO3/c1-10(2)12-6-5-11(3)9-13(12)18-14(16)15-7-8-17-4/h10-13H,5-9H2,1-4H3,(H,15,16)/t11-,12+,13-/m0/s1. The molecule has 0 heterocycles. The Morgan fingerprint density at radius 3 is 2.72 bits per heavy atom. The second-order valence-corrected chi connectivity index (χ2v) is 5.69. The van der Waals surface area contributed by atoms with Gasteiger partial charge < -0.3 is 14.8 Å². The fourth-order valence-electron chi connectivity index (χ4n) is 2.68. The van der Waals surface area contributed by atoms with Crippen molar-refractivity contribution in [2.24, 2.45) is 17.8 Å². The van der Waals surface area contributed by atoms with Crippen molar-refractivity contribution in [2.75, 3.05) is 20.3 Å². The van der Waals surface area contributed by atoms with Crippen molar-refractivity contribution >= 4 is 6.09 Å². The molecule has 1 rings (SSSR count). The lowest BCUT2D eigenvalue weighted by Gasteiger charge is -2.36. The van der Waals surface area contributed by atoms with Crippen molar-refractivity contribution < 1.29 is 14.3 Å². The number of carbonyl (C=O) groups is 1. The lowest BCUT2D eigenvalue weighted by molar-refractivity contribution is 0.00562. The Labute approximate surface area is 110 Å². The summed E-state index contributed by atoms with van der Waals surface area (Å²) in [4.78, 5) is 11.7. The monoisotopic (exact) mass is 257 g/mol. The molecule has 0 bridgehead atoms. The van der Waals surface area contributed by atoms with Crippen LogP contribution in [-0.4, -0.2) is 32.5 Å². The minimum absolute atomic E-state index is 0.0660. The van der Waals surface area contributed by atoms with E-state index in [2.05, 4.69) is 26.1 Å². The van der Waals surface area contributed by atoms with Gasteiger partial charge in [-0.3, -0.25) is 0 Å². The maximum atomic E-state index is 11.7. The highest BCUT2D eigenvalue weighted by Gasteiger charge is 2.33. The molecule has 1 saturated carbocycles. The Hall–Kier alpha value is -0.770. The van der Waals surface area contributed by atoms with Crippen LogP contribution in [0.5, 0.6) is 0 Å². The summed E-state index contributed by atoms with van der Waals surface area (Å²) in [7, 11) is 1.62. The Balaban J connectivity index is 2.42. The Kier molecular flexibility index (Phi) is 6.47. The molecule has 1 amide bonds. The van der Waals surface area contributed by atoms with Crippen LogP contribution in [0.25, 0.3) is 0 Å². The van der Waals surface area contributed by atoms with Crippen LogP contribution in [0.1, 0.15) is 40.0 Å². The maximum Gasteiger partial charge on any atom is 0.407 e. The van der Waals surface area contributed by atoms with Crippen molar-refractivity contribution in [3.63, 3.8) is 0 Å². The van der Waals surface area contributed by atoms with E-state index in [1.54, 1.807) is 7.11 Å². The van der Waals surface area contributed by atoms with E-state index in [4.69, 9.17) is 9.47 Å². The molecule has 0 saturated heterocycles. The molecule has 4 nitrogen and oxygen atoms in total. The number of methoxy groups -OCH3 is 1. The number of amides is 1. The molecule has 4 heteroatoms. The van der Waals surface area contributed by atoms with Crippen molar-refractivity contribution in [3.8, 4) is 0 Å². The Bertz CT molecular complexity index is 255. The minimum atomic E-state index is -0.309. The molecule has 1 aliphatic carbocycles. The van der Waals surface area contributed by atoms with E-state index in [9.17, 15) is 4.79 Å². The van der Waals surface area contributed by atoms with Crippen LogP contribution < -0.4 is 5.32 Å². The van der Waals surface area contributed by atoms with E-state index in [1.165, 1.54) is 6.42 Å². The van der Waals surface area contributed by atoms with Crippen LogP contribution in [0, 0.1) is 17.8 Å². The van der Waals surface area contributed by atoms with Gasteiger partial charge in [0.1, 0.15) is 6.10 Å². The second-order valence-electron chi connectivity index (χ2n) is 5.69. The number of hydrogen-bond acceptors (Lipinski definition) is 3. The molecule has 106 valence electrons. The summed E-state index contributed by atoms with van der Waals surface area (Å²) in [6.07, 6.45) is 3.15. The van der Waals surface area contributed by atoms with Gasteiger partial charge in [-0.1, -0.05) is 27.2 Å². The fourth-order valence-corrected chi connectivity index (χ4v) is 2.68. The summed E-state index contributed by atoms with van der Waals surface area (Å²) >= 11 is 0. The number of alkyl carbamates (subject to hydrolysis) is 1. The lowest BCUT2D eigenvalue weighted by atomic mass is 9.75. The van der Waals surface area contributed by atoms with Crippen molar-refractivity contribution in [2.45, 2.75) is 46.1 Å². The topological polar surface area (TPSA) is 47.6 Å². The van der Waals surface area contributed by atoms with Gasteiger partial charge in [0.25, 0.3) is 0 Å². The largest absolute Gasteiger partial charge is 0.446 e. The Morgan fingerprint density at radius 2 is 2.11 bits per heavy atom. The Morgan fingerprint density at radius 1 is 1.39 bits per heavy atom. The smallest absolute Gasteiger partial charge is 0.407 e. The fraction of sp³-hybridized carbons (Fsp3) is 0.929. The zero-order chi connectivity index (χ0) is 13.5. The molecule has 0 aliphatic heterocycles. The molecular formula is C14H27NO3. The third-order valence-electron chi connectivity index (χ3n) is 3.80. The molecule has 0 aromatic heterocycles. The summed E-state index contributed by atoms with van der Waals surface area (Å²) in [5, 5.41) is 2.72. The molecular weight excluding hydrogens is 230 g/mol. The predicted octanol–water partition coefficient (Wildman–Crippen LogP) is 2.82. The van der Waals surface area contributed by atoms with Crippen molar-refractivity contribution in [3.05, 3.63) is 0 Å². The predicted molar refractivity (Wildman–Crippen MR) is 71.5 cm³/mol. The van der Waals surface area contributed by atoms with E-state index in [0.717, 1.165) is 12.8 Å². The molecule has 1 fully saturated rings. The molecule has 1 N–H and O–H groups in total. The van der Waals surface area contributed by atoms with E-state index in [0.29, 0.717) is 30.9 Å². The van der Waals surface area contributed by atoms with Gasteiger partial charge in [0.05, 0.1) is 6.61 Å². The molecule has 0 aromatic carbocycles. The van der Waals surface area contributed by atoms with Crippen LogP contribution in [0.4, 0.5) is 4.79 Å². The first-order valence-corrected chi connectivity index (χ1v) is 6.98. The normalized spacial score (nSPS) is 28.2. The first-order chi connectivity index (χ1) is 8.54.